The zero-order valence-electron chi connectivity index (χ0n) is 17.2. The first kappa shape index (κ1) is 22.4. The van der Waals surface area contributed by atoms with E-state index in [1.54, 1.807) is 0 Å². The van der Waals surface area contributed by atoms with Crippen molar-refractivity contribution in [2.45, 2.75) is 12.8 Å². The summed E-state index contributed by atoms with van der Waals surface area (Å²) in [6, 6.07) is 9.70. The summed E-state index contributed by atoms with van der Waals surface area (Å²) in [6.07, 6.45) is 1.38. The van der Waals surface area contributed by atoms with Crippen LogP contribution in [0.5, 0.6) is 5.75 Å². The van der Waals surface area contributed by atoms with Gasteiger partial charge in [-0.2, -0.15) is 0 Å². The van der Waals surface area contributed by atoms with Crippen molar-refractivity contribution in [2.75, 3.05) is 33.3 Å². The van der Waals surface area contributed by atoms with Crippen LogP contribution in [0.15, 0.2) is 42.5 Å². The Labute approximate surface area is 179 Å². The molecule has 0 aromatic heterocycles. The van der Waals surface area contributed by atoms with Gasteiger partial charge in [0.15, 0.2) is 5.78 Å². The lowest BCUT2D eigenvalue weighted by molar-refractivity contribution is -0.385. The van der Waals surface area contributed by atoms with Gasteiger partial charge >= 0.3 is 0 Å². The lowest BCUT2D eigenvalue weighted by Crippen LogP contribution is -2.41. The average Bonchev–Trinajstić information content (AvgIpc) is 2.79. The molecule has 1 fully saturated rings. The Balaban J connectivity index is 1.47. The molecule has 1 heterocycles. The molecule has 31 heavy (non-hydrogen) atoms. The molecule has 9 heteroatoms. The molecule has 1 amide bonds. The molecule has 1 aliphatic heterocycles. The molecule has 8 nitrogen and oxygen atoms in total. The zero-order valence-corrected chi connectivity index (χ0v) is 17.2. The molecule has 0 unspecified atom stereocenters. The first-order valence-electron chi connectivity index (χ1n) is 10.0. The molecule has 1 N–H and O–H groups in total. The van der Waals surface area contributed by atoms with E-state index < -0.39 is 10.8 Å². The van der Waals surface area contributed by atoms with Gasteiger partial charge in [-0.15, -0.1) is 0 Å². The lowest BCUT2D eigenvalue weighted by Gasteiger charge is -2.31. The number of amides is 1. The van der Waals surface area contributed by atoms with Crippen molar-refractivity contribution < 1.29 is 23.6 Å². The van der Waals surface area contributed by atoms with Gasteiger partial charge in [-0.3, -0.25) is 19.7 Å². The van der Waals surface area contributed by atoms with Gasteiger partial charge in [0, 0.05) is 24.6 Å². The highest BCUT2D eigenvalue weighted by Gasteiger charge is 2.26. The van der Waals surface area contributed by atoms with E-state index in [2.05, 4.69) is 10.2 Å². The maximum Gasteiger partial charge on any atom is 0.285 e. The second kappa shape index (κ2) is 10.1. The number of likely N-dealkylation sites (tertiary alicyclic amines) is 1. The van der Waals surface area contributed by atoms with Crippen molar-refractivity contribution >= 4 is 17.4 Å². The number of ether oxygens (including phenoxy) is 1. The summed E-state index contributed by atoms with van der Waals surface area (Å²) in [7, 11) is 1.40. The molecule has 0 bridgehead atoms. The summed E-state index contributed by atoms with van der Waals surface area (Å²) >= 11 is 0. The third-order valence-electron chi connectivity index (χ3n) is 5.45. The Bertz CT molecular complexity index is 956. The molecule has 2 aromatic carbocycles. The van der Waals surface area contributed by atoms with E-state index in [0.717, 1.165) is 0 Å². The molecule has 0 radical (unpaired) electrons. The minimum atomic E-state index is -0.611. The number of Topliss-reactive ketones (excluding diaryl/α,β-unsaturated/α-hetero) is 1. The van der Waals surface area contributed by atoms with E-state index >= 15 is 0 Å². The summed E-state index contributed by atoms with van der Waals surface area (Å²) in [6.45, 7) is 2.32. The molecule has 0 aliphatic carbocycles. The van der Waals surface area contributed by atoms with Crippen LogP contribution in [0.2, 0.25) is 0 Å². The van der Waals surface area contributed by atoms with Gasteiger partial charge < -0.3 is 15.0 Å². The van der Waals surface area contributed by atoms with Gasteiger partial charge in [-0.05, 0) is 62.3 Å². The van der Waals surface area contributed by atoms with Gasteiger partial charge in [-0.1, -0.05) is 0 Å². The molecular weight excluding hydrogens is 405 g/mol. The molecular formula is C22H24FN3O5. The minimum absolute atomic E-state index is 0.0191. The van der Waals surface area contributed by atoms with Crippen LogP contribution in [0, 0.1) is 21.8 Å². The largest absolute Gasteiger partial charge is 0.497 e. The number of carbonyl (C=O) groups excluding carboxylic acids is 2. The monoisotopic (exact) mass is 429 g/mol. The molecule has 0 saturated carbocycles. The van der Waals surface area contributed by atoms with E-state index in [9.17, 15) is 24.1 Å². The second-order valence-corrected chi connectivity index (χ2v) is 7.38. The summed E-state index contributed by atoms with van der Waals surface area (Å²) < 4.78 is 18.0. The number of nitrogens with zero attached hydrogens (tertiary/aromatic N) is 2. The number of ketones is 1. The standard InChI is InChI=1S/C22H24FN3O5/c1-31-18-6-7-19(20(14-18)26(29)30)22(28)24-10-13-25-11-8-16(9-12-25)21(27)15-2-4-17(23)5-3-15/h2-7,14,16H,8-13H2,1H3,(H,24,28). The summed E-state index contributed by atoms with van der Waals surface area (Å²) in [5, 5.41) is 14.0. The average molecular weight is 429 g/mol. The Kier molecular flexibility index (Phi) is 7.30. The van der Waals surface area contributed by atoms with Crippen LogP contribution < -0.4 is 10.1 Å². The first-order valence-corrected chi connectivity index (χ1v) is 10.0. The predicted octanol–water partition coefficient (Wildman–Crippen LogP) is 3.07. The van der Waals surface area contributed by atoms with E-state index in [4.69, 9.17) is 4.74 Å². The van der Waals surface area contributed by atoms with E-state index in [0.29, 0.717) is 50.3 Å². The third kappa shape index (κ3) is 5.64. The molecule has 2 aromatic rings. The van der Waals surface area contributed by atoms with Gasteiger partial charge in [0.1, 0.15) is 17.1 Å². The maximum atomic E-state index is 13.0. The quantitative estimate of drug-likeness (QED) is 0.393. The normalized spacial score (nSPS) is 14.8. The van der Waals surface area contributed by atoms with Crippen LogP contribution >= 0.6 is 0 Å². The fourth-order valence-electron chi connectivity index (χ4n) is 3.67. The summed E-state index contributed by atoms with van der Waals surface area (Å²) in [5.74, 6) is -0.650. The number of piperidine rings is 1. The number of hydrogen-bond acceptors (Lipinski definition) is 6. The maximum absolute atomic E-state index is 13.0. The van der Waals surface area contributed by atoms with E-state index in [1.165, 1.54) is 49.6 Å². The second-order valence-electron chi connectivity index (χ2n) is 7.38. The van der Waals surface area contributed by atoms with Crippen LogP contribution in [-0.2, 0) is 0 Å². The van der Waals surface area contributed by atoms with Gasteiger partial charge in [-0.25, -0.2) is 4.39 Å². The Morgan fingerprint density at radius 3 is 2.48 bits per heavy atom. The Morgan fingerprint density at radius 1 is 1.19 bits per heavy atom. The number of hydrogen-bond donors (Lipinski definition) is 1. The molecule has 3 rings (SSSR count). The topological polar surface area (TPSA) is 102 Å². The van der Waals surface area contributed by atoms with Crippen molar-refractivity contribution in [2.24, 2.45) is 5.92 Å². The SMILES string of the molecule is COc1ccc(C(=O)NCCN2CCC(C(=O)c3ccc(F)cc3)CC2)c([N+](=O)[O-])c1. The summed E-state index contributed by atoms with van der Waals surface area (Å²) in [4.78, 5) is 37.7. The van der Waals surface area contributed by atoms with Crippen molar-refractivity contribution in [3.05, 3.63) is 69.5 Å². The highest BCUT2D eigenvalue weighted by atomic mass is 19.1. The van der Waals surface area contributed by atoms with Crippen LogP contribution in [0.25, 0.3) is 0 Å². The number of nitro benzene ring substituents is 1. The van der Waals surface area contributed by atoms with Crippen LogP contribution in [0.3, 0.4) is 0 Å². The van der Waals surface area contributed by atoms with Crippen LogP contribution in [0.4, 0.5) is 10.1 Å². The number of nitrogens with one attached hydrogen (secondary N) is 1. The number of methoxy groups -OCH3 is 1. The fraction of sp³-hybridized carbons (Fsp3) is 0.364. The van der Waals surface area contributed by atoms with Gasteiger partial charge in [0.25, 0.3) is 11.6 Å². The zero-order chi connectivity index (χ0) is 22.4. The van der Waals surface area contributed by atoms with Crippen LogP contribution in [-0.4, -0.2) is 54.8 Å². The number of rotatable bonds is 8. The molecule has 1 saturated heterocycles. The molecule has 164 valence electrons. The molecule has 0 atom stereocenters. The number of benzene rings is 2. The smallest absolute Gasteiger partial charge is 0.285 e. The lowest BCUT2D eigenvalue weighted by atomic mass is 9.89. The highest BCUT2D eigenvalue weighted by molar-refractivity contribution is 5.98. The summed E-state index contributed by atoms with van der Waals surface area (Å²) in [5.41, 5.74) is 0.194. The number of nitro groups is 1. The Hall–Kier alpha value is -3.33. The number of halogens is 1. The van der Waals surface area contributed by atoms with Crippen molar-refractivity contribution in [1.29, 1.82) is 0 Å². The van der Waals surface area contributed by atoms with Gasteiger partial charge in [0.05, 0.1) is 18.1 Å². The van der Waals surface area contributed by atoms with E-state index in [1.807, 2.05) is 0 Å². The minimum Gasteiger partial charge on any atom is -0.497 e. The predicted molar refractivity (Wildman–Crippen MR) is 112 cm³/mol. The van der Waals surface area contributed by atoms with Gasteiger partial charge in [0.2, 0.25) is 0 Å². The van der Waals surface area contributed by atoms with E-state index in [-0.39, 0.29) is 28.8 Å². The first-order chi connectivity index (χ1) is 14.9. The van der Waals surface area contributed by atoms with Crippen molar-refractivity contribution in [1.82, 2.24) is 10.2 Å². The van der Waals surface area contributed by atoms with Crippen LogP contribution in [0.1, 0.15) is 33.6 Å². The Morgan fingerprint density at radius 2 is 1.87 bits per heavy atom. The number of carbonyl (C=O) groups is 2. The van der Waals surface area contributed by atoms with Crippen molar-refractivity contribution in [3.8, 4) is 5.75 Å². The highest BCUT2D eigenvalue weighted by Crippen LogP contribution is 2.25. The molecule has 0 spiro atoms. The molecule has 1 aliphatic rings. The van der Waals surface area contributed by atoms with Crippen molar-refractivity contribution in [3.63, 3.8) is 0 Å². The fourth-order valence-corrected chi connectivity index (χ4v) is 3.67. The third-order valence-corrected chi connectivity index (χ3v) is 5.45.